The van der Waals surface area contributed by atoms with Gasteiger partial charge in [0.05, 0.1) is 11.8 Å². The quantitative estimate of drug-likeness (QED) is 0.701. The number of carbonyl (C=O) groups excluding carboxylic acids is 1. The number of rotatable bonds is 3. The Kier molecular flexibility index (Phi) is 3.27. The average Bonchev–Trinajstić information content (AvgIpc) is 2.50. The Bertz CT molecular complexity index is 474. The van der Waals surface area contributed by atoms with Crippen molar-refractivity contribution in [3.8, 4) is 0 Å². The van der Waals surface area contributed by atoms with Gasteiger partial charge in [0.2, 0.25) is 15.9 Å². The lowest BCUT2D eigenvalue weighted by Gasteiger charge is -2.45. The Labute approximate surface area is 108 Å². The first-order valence-electron chi connectivity index (χ1n) is 6.18. The van der Waals surface area contributed by atoms with Crippen LogP contribution in [0.3, 0.4) is 0 Å². The zero-order chi connectivity index (χ0) is 13.6. The Morgan fingerprint density at radius 1 is 1.50 bits per heavy atom. The van der Waals surface area contributed by atoms with Crippen LogP contribution < -0.4 is 0 Å². The van der Waals surface area contributed by atoms with Gasteiger partial charge in [-0.25, -0.2) is 8.42 Å². The van der Waals surface area contributed by atoms with Gasteiger partial charge in [0.1, 0.15) is 0 Å². The van der Waals surface area contributed by atoms with Crippen LogP contribution in [-0.2, 0) is 14.8 Å². The molecule has 0 aromatic carbocycles. The number of piperazine rings is 1. The van der Waals surface area contributed by atoms with Gasteiger partial charge >= 0.3 is 0 Å². The molecule has 0 N–H and O–H groups in total. The summed E-state index contributed by atoms with van der Waals surface area (Å²) >= 11 is 0. The minimum absolute atomic E-state index is 0.0236. The van der Waals surface area contributed by atoms with Crippen LogP contribution in [0.4, 0.5) is 0 Å². The van der Waals surface area contributed by atoms with Crippen molar-refractivity contribution in [3.05, 3.63) is 12.7 Å². The van der Waals surface area contributed by atoms with Gasteiger partial charge in [-0.05, 0) is 12.8 Å². The summed E-state index contributed by atoms with van der Waals surface area (Å²) in [5, 5.41) is 0. The highest BCUT2D eigenvalue weighted by molar-refractivity contribution is 7.88. The minimum atomic E-state index is -3.19. The van der Waals surface area contributed by atoms with Gasteiger partial charge in [-0.15, -0.1) is 6.58 Å². The first-order valence-corrected chi connectivity index (χ1v) is 8.02. The van der Waals surface area contributed by atoms with E-state index in [4.69, 9.17) is 0 Å². The summed E-state index contributed by atoms with van der Waals surface area (Å²) in [6.07, 6.45) is 4.37. The van der Waals surface area contributed by atoms with E-state index >= 15 is 0 Å². The maximum Gasteiger partial charge on any atom is 0.226 e. The molecule has 102 valence electrons. The Balaban J connectivity index is 2.32. The van der Waals surface area contributed by atoms with Crippen molar-refractivity contribution < 1.29 is 13.2 Å². The van der Waals surface area contributed by atoms with Gasteiger partial charge in [0.15, 0.2) is 0 Å². The standard InChI is InChI=1S/C12H20N2O3S/c1-4-5-12-8-10(2)11(15)14(12)7-6-13(9-12)18(3,16)17/h4,10H,1,5-9H2,2-3H3/t10-,12-/m0/s1. The normalized spacial score (nSPS) is 33.6. The maximum absolute atomic E-state index is 12.1. The van der Waals surface area contributed by atoms with Crippen LogP contribution in [0.15, 0.2) is 12.7 Å². The van der Waals surface area contributed by atoms with Crippen molar-refractivity contribution in [2.45, 2.75) is 25.3 Å². The lowest BCUT2D eigenvalue weighted by molar-refractivity contribution is -0.135. The summed E-state index contributed by atoms with van der Waals surface area (Å²) in [5.41, 5.74) is -0.375. The molecule has 0 radical (unpaired) electrons. The van der Waals surface area contributed by atoms with E-state index < -0.39 is 10.0 Å². The minimum Gasteiger partial charge on any atom is -0.334 e. The molecule has 2 heterocycles. The van der Waals surface area contributed by atoms with Crippen LogP contribution in [0.25, 0.3) is 0 Å². The fraction of sp³-hybridized carbons (Fsp3) is 0.750. The molecule has 0 saturated carbocycles. The summed E-state index contributed by atoms with van der Waals surface area (Å²) < 4.78 is 24.8. The molecule has 0 aromatic rings. The molecule has 18 heavy (non-hydrogen) atoms. The van der Waals surface area contributed by atoms with Crippen molar-refractivity contribution in [3.63, 3.8) is 0 Å². The molecular formula is C12H20N2O3S. The van der Waals surface area contributed by atoms with E-state index in [-0.39, 0.29) is 17.4 Å². The van der Waals surface area contributed by atoms with Gasteiger partial charge in [-0.2, -0.15) is 4.31 Å². The second kappa shape index (κ2) is 4.35. The number of fused-ring (bicyclic) bond motifs is 1. The molecule has 6 heteroatoms. The molecule has 0 bridgehead atoms. The number of sulfonamides is 1. The first kappa shape index (κ1) is 13.5. The van der Waals surface area contributed by atoms with Gasteiger partial charge in [0.25, 0.3) is 0 Å². The zero-order valence-electron chi connectivity index (χ0n) is 10.9. The predicted octanol–water partition coefficient (Wildman–Crippen LogP) is 0.445. The SMILES string of the molecule is C=CC[C@@]12C[C@H](C)C(=O)N1CCN(S(C)(=O)=O)C2. The highest BCUT2D eigenvalue weighted by atomic mass is 32.2. The van der Waals surface area contributed by atoms with Gasteiger partial charge in [-0.3, -0.25) is 4.79 Å². The topological polar surface area (TPSA) is 57.7 Å². The number of hydrogen-bond donors (Lipinski definition) is 0. The summed E-state index contributed by atoms with van der Waals surface area (Å²) in [4.78, 5) is 14.0. The molecule has 2 rings (SSSR count). The third kappa shape index (κ3) is 2.07. The number of carbonyl (C=O) groups is 1. The monoisotopic (exact) mass is 272 g/mol. The van der Waals surface area contributed by atoms with Crippen LogP contribution in [-0.4, -0.2) is 55.0 Å². The molecule has 0 aliphatic carbocycles. The smallest absolute Gasteiger partial charge is 0.226 e. The number of nitrogens with zero attached hydrogens (tertiary/aromatic N) is 2. The predicted molar refractivity (Wildman–Crippen MR) is 69.5 cm³/mol. The van der Waals surface area contributed by atoms with E-state index in [1.165, 1.54) is 10.6 Å². The molecule has 1 amide bonds. The van der Waals surface area contributed by atoms with E-state index in [2.05, 4.69) is 6.58 Å². The Morgan fingerprint density at radius 3 is 2.72 bits per heavy atom. The molecule has 2 atom stereocenters. The van der Waals surface area contributed by atoms with Crippen LogP contribution in [0.1, 0.15) is 19.8 Å². The number of hydrogen-bond acceptors (Lipinski definition) is 3. The molecule has 2 saturated heterocycles. The molecule has 2 aliphatic heterocycles. The summed E-state index contributed by atoms with van der Waals surface area (Å²) in [7, 11) is -3.19. The van der Waals surface area contributed by atoms with Crippen molar-refractivity contribution >= 4 is 15.9 Å². The lowest BCUT2D eigenvalue weighted by atomic mass is 9.88. The maximum atomic E-state index is 12.1. The van der Waals surface area contributed by atoms with Crippen molar-refractivity contribution in [1.82, 2.24) is 9.21 Å². The molecule has 0 aromatic heterocycles. The van der Waals surface area contributed by atoms with E-state index in [9.17, 15) is 13.2 Å². The van der Waals surface area contributed by atoms with Crippen LogP contribution in [0.5, 0.6) is 0 Å². The molecule has 2 aliphatic rings. The first-order chi connectivity index (χ1) is 8.30. The second-order valence-corrected chi connectivity index (χ2v) is 7.39. The second-order valence-electron chi connectivity index (χ2n) is 5.41. The fourth-order valence-corrected chi connectivity index (χ4v) is 4.08. The third-order valence-electron chi connectivity index (χ3n) is 3.98. The highest BCUT2D eigenvalue weighted by Gasteiger charge is 2.52. The molecular weight excluding hydrogens is 252 g/mol. The average molecular weight is 272 g/mol. The largest absolute Gasteiger partial charge is 0.334 e. The zero-order valence-corrected chi connectivity index (χ0v) is 11.7. The van der Waals surface area contributed by atoms with E-state index in [1.54, 1.807) is 6.08 Å². The van der Waals surface area contributed by atoms with Crippen molar-refractivity contribution in [1.29, 1.82) is 0 Å². The van der Waals surface area contributed by atoms with Crippen LogP contribution >= 0.6 is 0 Å². The van der Waals surface area contributed by atoms with Crippen LogP contribution in [0, 0.1) is 5.92 Å². The third-order valence-corrected chi connectivity index (χ3v) is 5.23. The lowest BCUT2D eigenvalue weighted by Crippen LogP contribution is -2.60. The van der Waals surface area contributed by atoms with Crippen LogP contribution in [0.2, 0.25) is 0 Å². The molecule has 5 nitrogen and oxygen atoms in total. The van der Waals surface area contributed by atoms with Crippen molar-refractivity contribution in [2.75, 3.05) is 25.9 Å². The highest BCUT2D eigenvalue weighted by Crippen LogP contribution is 2.40. The Hall–Kier alpha value is -0.880. The fourth-order valence-electron chi connectivity index (χ4n) is 3.19. The van der Waals surface area contributed by atoms with E-state index in [0.717, 1.165) is 0 Å². The summed E-state index contributed by atoms with van der Waals surface area (Å²) in [5.74, 6) is 0.120. The van der Waals surface area contributed by atoms with E-state index in [1.807, 2.05) is 11.8 Å². The molecule has 2 fully saturated rings. The number of amides is 1. The van der Waals surface area contributed by atoms with Gasteiger partial charge < -0.3 is 4.90 Å². The van der Waals surface area contributed by atoms with Gasteiger partial charge in [0, 0.05) is 25.6 Å². The van der Waals surface area contributed by atoms with E-state index in [0.29, 0.717) is 32.5 Å². The Morgan fingerprint density at radius 2 is 2.17 bits per heavy atom. The summed E-state index contributed by atoms with van der Waals surface area (Å²) in [6, 6.07) is 0. The van der Waals surface area contributed by atoms with Gasteiger partial charge in [-0.1, -0.05) is 13.0 Å². The van der Waals surface area contributed by atoms with Crippen molar-refractivity contribution in [2.24, 2.45) is 5.92 Å². The summed E-state index contributed by atoms with van der Waals surface area (Å²) in [6.45, 7) is 6.94. The molecule has 0 unspecified atom stereocenters. The molecule has 0 spiro atoms.